The smallest absolute Gasteiger partial charge is 0.00921 e. The molecule has 1 unspecified atom stereocenters. The van der Waals surface area contributed by atoms with Gasteiger partial charge in [0.05, 0.1) is 0 Å². The van der Waals surface area contributed by atoms with Crippen molar-refractivity contribution < 1.29 is 0 Å². The maximum atomic E-state index is 3.19. The molecule has 2 aromatic carbocycles. The Morgan fingerprint density at radius 1 is 1.06 bits per heavy atom. The van der Waals surface area contributed by atoms with Crippen LogP contribution in [0.15, 0.2) is 48.5 Å². The van der Waals surface area contributed by atoms with E-state index >= 15 is 0 Å². The molecule has 0 fully saturated rings. The number of hydrogen-bond acceptors (Lipinski definition) is 0. The summed E-state index contributed by atoms with van der Waals surface area (Å²) in [7, 11) is 0. The molecule has 16 heavy (non-hydrogen) atoms. The third kappa shape index (κ3) is 1.65. The summed E-state index contributed by atoms with van der Waals surface area (Å²) < 4.78 is 0. The zero-order chi connectivity index (χ0) is 10.8. The second kappa shape index (κ2) is 4.13. The highest BCUT2D eigenvalue weighted by molar-refractivity contribution is 5.39. The fourth-order valence-corrected chi connectivity index (χ4v) is 2.72. The average molecular weight is 207 g/mol. The van der Waals surface area contributed by atoms with Crippen molar-refractivity contribution in [3.8, 4) is 0 Å². The van der Waals surface area contributed by atoms with Crippen molar-refractivity contribution in [2.75, 3.05) is 0 Å². The highest BCUT2D eigenvalue weighted by atomic mass is 14.2. The molecule has 0 amide bonds. The lowest BCUT2D eigenvalue weighted by Gasteiger charge is -2.25. The number of fused-ring (bicyclic) bond motifs is 1. The normalized spacial score (nSPS) is 19.1. The van der Waals surface area contributed by atoms with Crippen LogP contribution in [-0.4, -0.2) is 0 Å². The zero-order valence-corrected chi connectivity index (χ0v) is 9.32. The Morgan fingerprint density at radius 2 is 1.94 bits per heavy atom. The molecule has 1 atom stereocenters. The van der Waals surface area contributed by atoms with Crippen LogP contribution in [0.2, 0.25) is 0 Å². The van der Waals surface area contributed by atoms with E-state index in [4.69, 9.17) is 0 Å². The van der Waals surface area contributed by atoms with Gasteiger partial charge in [0.2, 0.25) is 0 Å². The lowest BCUT2D eigenvalue weighted by Crippen LogP contribution is -2.10. The van der Waals surface area contributed by atoms with Crippen LogP contribution in [0.3, 0.4) is 0 Å². The van der Waals surface area contributed by atoms with Gasteiger partial charge in [0.1, 0.15) is 0 Å². The van der Waals surface area contributed by atoms with Gasteiger partial charge in [-0.3, -0.25) is 0 Å². The number of aryl methyl sites for hydroxylation is 1. The first-order valence-electron chi connectivity index (χ1n) is 5.99. The lowest BCUT2D eigenvalue weighted by atomic mass is 9.79. The van der Waals surface area contributed by atoms with E-state index in [2.05, 4.69) is 48.5 Å². The minimum atomic E-state index is 0.597. The van der Waals surface area contributed by atoms with E-state index in [9.17, 15) is 0 Å². The summed E-state index contributed by atoms with van der Waals surface area (Å²) in [5, 5.41) is 0. The molecule has 0 spiro atoms. The van der Waals surface area contributed by atoms with Gasteiger partial charge in [-0.1, -0.05) is 48.5 Å². The largest absolute Gasteiger partial charge is 0.0622 e. The van der Waals surface area contributed by atoms with Gasteiger partial charge in [-0.15, -0.1) is 0 Å². The Morgan fingerprint density at radius 3 is 2.81 bits per heavy atom. The first-order valence-corrected chi connectivity index (χ1v) is 5.99. The Kier molecular flexibility index (Phi) is 2.49. The third-order valence-electron chi connectivity index (χ3n) is 3.50. The predicted molar refractivity (Wildman–Crippen MR) is 66.5 cm³/mol. The summed E-state index contributed by atoms with van der Waals surface area (Å²) in [6.45, 7) is 0. The fourth-order valence-electron chi connectivity index (χ4n) is 2.72. The van der Waals surface area contributed by atoms with Gasteiger partial charge in [-0.25, -0.2) is 0 Å². The zero-order valence-electron chi connectivity index (χ0n) is 9.32. The monoisotopic (exact) mass is 207 g/mol. The van der Waals surface area contributed by atoms with Crippen LogP contribution < -0.4 is 0 Å². The lowest BCUT2D eigenvalue weighted by molar-refractivity contribution is 0.616. The maximum absolute atomic E-state index is 3.19. The van der Waals surface area contributed by atoms with E-state index in [1.807, 2.05) is 6.07 Å². The van der Waals surface area contributed by atoms with E-state index in [0.717, 1.165) is 0 Å². The van der Waals surface area contributed by atoms with Crippen molar-refractivity contribution in [2.45, 2.75) is 25.2 Å². The molecule has 0 aromatic heterocycles. The van der Waals surface area contributed by atoms with Crippen LogP contribution in [0.1, 0.15) is 35.4 Å². The predicted octanol–water partition coefficient (Wildman–Crippen LogP) is 3.95. The Labute approximate surface area is 96.9 Å². The quantitative estimate of drug-likeness (QED) is 0.664. The van der Waals surface area contributed by atoms with Crippen molar-refractivity contribution in [1.82, 2.24) is 0 Å². The topological polar surface area (TPSA) is 0 Å². The molecular weight excluding hydrogens is 192 g/mol. The molecule has 0 N–H and O–H groups in total. The van der Waals surface area contributed by atoms with Gasteiger partial charge in [-0.2, -0.15) is 0 Å². The molecule has 1 radical (unpaired) electrons. The van der Waals surface area contributed by atoms with E-state index in [1.54, 1.807) is 0 Å². The highest BCUT2D eigenvalue weighted by Gasteiger charge is 2.20. The van der Waals surface area contributed by atoms with Gasteiger partial charge in [0, 0.05) is 5.92 Å². The number of benzene rings is 2. The molecule has 0 bridgehead atoms. The fraction of sp³-hybridized carbons (Fsp3) is 0.250. The number of rotatable bonds is 1. The third-order valence-corrected chi connectivity index (χ3v) is 3.50. The van der Waals surface area contributed by atoms with Gasteiger partial charge in [0.15, 0.2) is 0 Å². The van der Waals surface area contributed by atoms with Crippen LogP contribution in [-0.2, 0) is 6.42 Å². The van der Waals surface area contributed by atoms with Crippen LogP contribution in [0.5, 0.6) is 0 Å². The Hall–Kier alpha value is -1.56. The van der Waals surface area contributed by atoms with Gasteiger partial charge >= 0.3 is 0 Å². The summed E-state index contributed by atoms with van der Waals surface area (Å²) in [6.07, 6.45) is 3.79. The molecule has 0 heteroatoms. The summed E-state index contributed by atoms with van der Waals surface area (Å²) in [6, 6.07) is 20.5. The summed E-state index contributed by atoms with van der Waals surface area (Å²) in [5.41, 5.74) is 4.45. The van der Waals surface area contributed by atoms with E-state index in [1.165, 1.54) is 36.0 Å². The second-order valence-corrected chi connectivity index (χ2v) is 4.48. The molecule has 3 rings (SSSR count). The van der Waals surface area contributed by atoms with Crippen LogP contribution in [0.4, 0.5) is 0 Å². The molecule has 79 valence electrons. The first kappa shape index (κ1) is 9.65. The summed E-state index contributed by atoms with van der Waals surface area (Å²) in [4.78, 5) is 0. The molecule has 0 aliphatic heterocycles. The van der Waals surface area contributed by atoms with Crippen molar-refractivity contribution >= 4 is 0 Å². The van der Waals surface area contributed by atoms with Crippen LogP contribution in [0.25, 0.3) is 0 Å². The second-order valence-electron chi connectivity index (χ2n) is 4.48. The minimum Gasteiger partial charge on any atom is -0.0622 e. The molecule has 1 aliphatic carbocycles. The SMILES string of the molecule is [c]1ccc2c(c1)CCCC2c1ccccc1. The molecule has 0 nitrogen and oxygen atoms in total. The van der Waals surface area contributed by atoms with Crippen molar-refractivity contribution in [1.29, 1.82) is 0 Å². The Bertz CT molecular complexity index is 470. The molecular formula is C16H15. The molecule has 0 saturated carbocycles. The molecule has 0 heterocycles. The van der Waals surface area contributed by atoms with E-state index < -0.39 is 0 Å². The van der Waals surface area contributed by atoms with Crippen molar-refractivity contribution in [2.24, 2.45) is 0 Å². The molecule has 0 saturated heterocycles. The highest BCUT2D eigenvalue weighted by Crippen LogP contribution is 2.36. The first-order chi connectivity index (χ1) is 7.95. The van der Waals surface area contributed by atoms with Gasteiger partial charge < -0.3 is 0 Å². The molecule has 2 aromatic rings. The van der Waals surface area contributed by atoms with Crippen LogP contribution >= 0.6 is 0 Å². The van der Waals surface area contributed by atoms with Gasteiger partial charge in [0.25, 0.3) is 0 Å². The van der Waals surface area contributed by atoms with Crippen molar-refractivity contribution in [3.05, 3.63) is 71.3 Å². The summed E-state index contributed by atoms with van der Waals surface area (Å²) in [5.74, 6) is 0.597. The summed E-state index contributed by atoms with van der Waals surface area (Å²) >= 11 is 0. The molecule has 1 aliphatic rings. The van der Waals surface area contributed by atoms with Crippen molar-refractivity contribution in [3.63, 3.8) is 0 Å². The maximum Gasteiger partial charge on any atom is 0.00921 e. The van der Waals surface area contributed by atoms with E-state index in [0.29, 0.717) is 5.92 Å². The van der Waals surface area contributed by atoms with E-state index in [-0.39, 0.29) is 0 Å². The standard InChI is InChI=1S/C16H15/c1-2-7-13(8-3-1)16-12-6-10-14-9-4-5-11-15(14)16/h1-3,5,7-9,11,16H,6,10,12H2. The van der Waals surface area contributed by atoms with Gasteiger partial charge in [-0.05, 0) is 42.0 Å². The Balaban J connectivity index is 2.05. The minimum absolute atomic E-state index is 0.597. The number of hydrogen-bond donors (Lipinski definition) is 0. The average Bonchev–Trinajstić information content (AvgIpc) is 2.39. The van der Waals surface area contributed by atoms with Crippen LogP contribution in [0, 0.1) is 6.07 Å².